The molecular formula is C22H38N6O11. The minimum atomic E-state index is -3.09. The van der Waals surface area contributed by atoms with Crippen LogP contribution in [0.4, 0.5) is 0 Å². The average molecular weight is 563 g/mol. The number of ketones is 1. The van der Waals surface area contributed by atoms with Gasteiger partial charge >= 0.3 is 17.9 Å². The van der Waals surface area contributed by atoms with Gasteiger partial charge in [0, 0.05) is 12.8 Å². The number of rotatable bonds is 19. The molecule has 17 nitrogen and oxygen atoms in total. The molecule has 0 aromatic rings. The average Bonchev–Trinajstić information content (AvgIpc) is 2.87. The van der Waals surface area contributed by atoms with Gasteiger partial charge in [-0.2, -0.15) is 0 Å². The lowest BCUT2D eigenvalue weighted by molar-refractivity contribution is -0.172. The number of aliphatic carboxylic acids is 3. The summed E-state index contributed by atoms with van der Waals surface area (Å²) >= 11 is 0. The number of carboxylic acid groups (broad SMARTS) is 3. The first kappa shape index (κ1) is 35.5. The highest BCUT2D eigenvalue weighted by atomic mass is 16.4. The maximum absolute atomic E-state index is 13.5. The second kappa shape index (κ2) is 16.5. The first-order valence-electron chi connectivity index (χ1n) is 12.0. The van der Waals surface area contributed by atoms with Crippen LogP contribution in [0.3, 0.4) is 0 Å². The molecular weight excluding hydrogens is 524 g/mol. The van der Waals surface area contributed by atoms with Crippen molar-refractivity contribution in [1.29, 1.82) is 0 Å². The molecule has 5 atom stereocenters. The predicted molar refractivity (Wildman–Crippen MR) is 132 cm³/mol. The summed E-state index contributed by atoms with van der Waals surface area (Å²) in [5, 5.41) is 39.7. The van der Waals surface area contributed by atoms with Crippen molar-refractivity contribution in [3.8, 4) is 0 Å². The molecule has 0 heterocycles. The Balaban J connectivity index is 6.49. The maximum atomic E-state index is 13.5. The Labute approximate surface area is 223 Å². The van der Waals surface area contributed by atoms with Gasteiger partial charge in [-0.3, -0.25) is 33.7 Å². The van der Waals surface area contributed by atoms with E-state index in [1.54, 1.807) is 0 Å². The fourth-order valence-electron chi connectivity index (χ4n) is 3.46. The van der Waals surface area contributed by atoms with E-state index in [9.17, 15) is 43.8 Å². The monoisotopic (exact) mass is 562 g/mol. The van der Waals surface area contributed by atoms with E-state index < -0.39 is 103 Å². The van der Waals surface area contributed by atoms with Crippen LogP contribution in [-0.4, -0.2) is 110 Å². The molecule has 39 heavy (non-hydrogen) atoms. The third kappa shape index (κ3) is 10.3. The van der Waals surface area contributed by atoms with E-state index in [2.05, 4.69) is 5.32 Å². The normalized spacial score (nSPS) is 15.6. The number of amides is 3. The molecule has 13 N–H and O–H groups in total. The zero-order valence-corrected chi connectivity index (χ0v) is 21.6. The van der Waals surface area contributed by atoms with Gasteiger partial charge in [0.15, 0.2) is 5.78 Å². The number of unbranched alkanes of at least 4 members (excludes halogenated alkanes) is 1. The first-order valence-corrected chi connectivity index (χ1v) is 12.0. The Hall–Kier alpha value is -3.51. The Morgan fingerprint density at radius 2 is 1.31 bits per heavy atom. The topological polar surface area (TPSA) is 320 Å². The Morgan fingerprint density at radius 3 is 1.74 bits per heavy atom. The van der Waals surface area contributed by atoms with Gasteiger partial charge in [0.2, 0.25) is 17.4 Å². The molecule has 0 aliphatic rings. The molecule has 0 aliphatic heterocycles. The van der Waals surface area contributed by atoms with Crippen molar-refractivity contribution < 1.29 is 54.0 Å². The summed E-state index contributed by atoms with van der Waals surface area (Å²) in [5.74, 6) is -10.3. The number of carbonyl (C=O) groups excluding carboxylic acids is 4. The fraction of sp³-hybridized carbons (Fsp3) is 0.682. The molecule has 0 spiro atoms. The maximum Gasteiger partial charge on any atom is 0.337 e. The summed E-state index contributed by atoms with van der Waals surface area (Å²) in [5.41, 5.74) is 19.5. The smallest absolute Gasteiger partial charge is 0.337 e. The summed E-state index contributed by atoms with van der Waals surface area (Å²) < 4.78 is 0. The number of Topliss-reactive ketones (excluding diaryl/α,β-unsaturated/α-hetero) is 1. The largest absolute Gasteiger partial charge is 0.481 e. The number of hydrogen-bond acceptors (Lipinski definition) is 12. The van der Waals surface area contributed by atoms with E-state index in [1.807, 2.05) is 0 Å². The van der Waals surface area contributed by atoms with E-state index in [-0.39, 0.29) is 11.3 Å². The Morgan fingerprint density at radius 1 is 0.795 bits per heavy atom. The van der Waals surface area contributed by atoms with Crippen molar-refractivity contribution >= 4 is 41.4 Å². The van der Waals surface area contributed by atoms with E-state index in [0.29, 0.717) is 26.3 Å². The number of hydrogen-bond donors (Lipinski definition) is 9. The van der Waals surface area contributed by atoms with E-state index in [0.717, 1.165) is 0 Å². The van der Waals surface area contributed by atoms with E-state index in [4.69, 9.17) is 33.1 Å². The minimum absolute atomic E-state index is 0.0913. The van der Waals surface area contributed by atoms with Gasteiger partial charge in [0.05, 0.1) is 24.7 Å². The number of aliphatic hydroxyl groups excluding tert-OH is 1. The zero-order valence-electron chi connectivity index (χ0n) is 21.6. The highest BCUT2D eigenvalue weighted by Crippen LogP contribution is 2.23. The summed E-state index contributed by atoms with van der Waals surface area (Å²) in [6, 6.07) is -6.73. The van der Waals surface area contributed by atoms with Crippen LogP contribution in [0.15, 0.2) is 0 Å². The second-order valence-electron chi connectivity index (χ2n) is 8.97. The van der Waals surface area contributed by atoms with Gasteiger partial charge in [-0.15, -0.1) is 0 Å². The quantitative estimate of drug-likeness (QED) is 0.0536. The molecule has 0 saturated heterocycles. The molecule has 222 valence electrons. The van der Waals surface area contributed by atoms with Crippen molar-refractivity contribution in [2.75, 3.05) is 13.2 Å². The van der Waals surface area contributed by atoms with E-state index >= 15 is 0 Å². The molecule has 0 bridgehead atoms. The highest BCUT2D eigenvalue weighted by Gasteiger charge is 2.55. The van der Waals surface area contributed by atoms with Crippen molar-refractivity contribution in [3.05, 3.63) is 0 Å². The number of nitrogens with zero attached hydrogens (tertiary/aromatic N) is 1. The second-order valence-corrected chi connectivity index (χ2v) is 8.97. The molecule has 3 amide bonds. The molecule has 0 fully saturated rings. The van der Waals surface area contributed by atoms with Crippen LogP contribution in [0.1, 0.15) is 51.9 Å². The molecule has 17 heteroatoms. The van der Waals surface area contributed by atoms with Crippen molar-refractivity contribution in [2.24, 2.45) is 22.9 Å². The predicted octanol–water partition coefficient (Wildman–Crippen LogP) is -3.93. The number of nitrogens with two attached hydrogens (primary N) is 4. The summed E-state index contributed by atoms with van der Waals surface area (Å²) in [6.45, 7) is -0.183. The third-order valence-electron chi connectivity index (χ3n) is 5.88. The molecule has 0 saturated carbocycles. The lowest BCUT2D eigenvalue weighted by atomic mass is 9.86. The van der Waals surface area contributed by atoms with Gasteiger partial charge in [-0.05, 0) is 39.2 Å². The number of carbonyl (C=O) groups is 7. The lowest BCUT2D eigenvalue weighted by Gasteiger charge is -2.39. The number of carboxylic acids is 3. The number of nitrogens with one attached hydrogen (secondary N) is 1. The lowest BCUT2D eigenvalue weighted by Crippen LogP contribution is -2.70. The molecule has 0 radical (unpaired) electrons. The summed E-state index contributed by atoms with van der Waals surface area (Å²) in [6.07, 6.45) is -1.32. The van der Waals surface area contributed by atoms with Crippen LogP contribution >= 0.6 is 0 Å². The van der Waals surface area contributed by atoms with Crippen LogP contribution in [0.25, 0.3) is 0 Å². The van der Waals surface area contributed by atoms with Crippen LogP contribution < -0.4 is 28.3 Å². The van der Waals surface area contributed by atoms with Crippen molar-refractivity contribution in [2.45, 2.75) is 81.6 Å². The van der Waals surface area contributed by atoms with Gasteiger partial charge in [-0.1, -0.05) is 6.42 Å². The fourth-order valence-corrected chi connectivity index (χ4v) is 3.46. The Kier molecular flexibility index (Phi) is 15.0. The van der Waals surface area contributed by atoms with Crippen LogP contribution in [0.2, 0.25) is 0 Å². The van der Waals surface area contributed by atoms with Crippen molar-refractivity contribution in [1.82, 2.24) is 10.2 Å². The summed E-state index contributed by atoms with van der Waals surface area (Å²) in [4.78, 5) is 86.5. The first-order chi connectivity index (χ1) is 18.1. The Bertz CT molecular complexity index is 930. The zero-order chi connectivity index (χ0) is 30.5. The molecule has 0 aliphatic carbocycles. The molecule has 0 aromatic heterocycles. The standard InChI is InChI=1S/C22H38N6O11/c1-22(21(38)39,17(34)11(24)5-7-15(30)31)28(19(36)13(26)6-8-16(32)33)20(37)14(10-29)27-18(35)12(25)4-2-3-9-23/h11-14,29H,2-10,23-26H2,1H3,(H,27,35)(H,30,31)(H,32,33)(H,38,39). The third-order valence-corrected chi connectivity index (χ3v) is 5.88. The van der Waals surface area contributed by atoms with Crippen molar-refractivity contribution in [3.63, 3.8) is 0 Å². The minimum Gasteiger partial charge on any atom is -0.481 e. The molecule has 0 rings (SSSR count). The van der Waals surface area contributed by atoms with Crippen LogP contribution in [-0.2, 0) is 33.6 Å². The summed E-state index contributed by atoms with van der Waals surface area (Å²) in [7, 11) is 0. The molecule has 0 aromatic carbocycles. The highest BCUT2D eigenvalue weighted by molar-refractivity contribution is 6.17. The number of aliphatic hydroxyl groups is 1. The molecule has 5 unspecified atom stereocenters. The van der Waals surface area contributed by atoms with Gasteiger partial charge in [0.1, 0.15) is 6.04 Å². The van der Waals surface area contributed by atoms with E-state index in [1.165, 1.54) is 0 Å². The van der Waals surface area contributed by atoms with Crippen LogP contribution in [0.5, 0.6) is 0 Å². The van der Waals surface area contributed by atoms with Crippen LogP contribution in [0, 0.1) is 0 Å². The SMILES string of the molecule is CC(C(=O)O)(C(=O)C(N)CCC(=O)O)N(C(=O)C(N)CCC(=O)O)C(=O)C(CO)NC(=O)C(N)CCCCN. The van der Waals surface area contributed by atoms with Gasteiger partial charge in [0.25, 0.3) is 5.91 Å². The van der Waals surface area contributed by atoms with Gasteiger partial charge < -0.3 is 48.7 Å². The van der Waals surface area contributed by atoms with Gasteiger partial charge in [-0.25, -0.2) is 4.79 Å². The number of imide groups is 1.